The molecule has 1 amide bonds. The van der Waals surface area contributed by atoms with Gasteiger partial charge in [-0.2, -0.15) is 0 Å². The number of pyridine rings is 1. The van der Waals surface area contributed by atoms with Crippen molar-refractivity contribution in [1.29, 1.82) is 0 Å². The number of hydrogen-bond donors (Lipinski definition) is 2. The summed E-state index contributed by atoms with van der Waals surface area (Å²) in [7, 11) is 0. The van der Waals surface area contributed by atoms with Gasteiger partial charge in [0.15, 0.2) is 5.69 Å². The van der Waals surface area contributed by atoms with E-state index >= 15 is 0 Å². The van der Waals surface area contributed by atoms with Gasteiger partial charge in [0.05, 0.1) is 6.61 Å². The van der Waals surface area contributed by atoms with Crippen LogP contribution in [0, 0.1) is 0 Å². The molecule has 1 rings (SSSR count). The maximum absolute atomic E-state index is 12.0. The van der Waals surface area contributed by atoms with E-state index in [0.717, 1.165) is 0 Å². The third kappa shape index (κ3) is 2.70. The predicted molar refractivity (Wildman–Crippen MR) is 59.2 cm³/mol. The Balaban J connectivity index is 2.95. The molecular formula is C11H16N2O3. The second kappa shape index (κ2) is 5.46. The van der Waals surface area contributed by atoms with Crippen LogP contribution in [0.3, 0.4) is 0 Å². The maximum Gasteiger partial charge on any atom is 0.276 e. The minimum absolute atomic E-state index is 0.0182. The molecule has 0 saturated heterocycles. The minimum atomic E-state index is -0.373. The smallest absolute Gasteiger partial charge is 0.276 e. The zero-order valence-electron chi connectivity index (χ0n) is 9.42. The van der Waals surface area contributed by atoms with Crippen LogP contribution in [0.2, 0.25) is 0 Å². The molecule has 0 aliphatic rings. The van der Waals surface area contributed by atoms with Crippen LogP contribution in [-0.4, -0.2) is 45.2 Å². The summed E-state index contributed by atoms with van der Waals surface area (Å²) in [6, 6.07) is 2.91. The van der Waals surface area contributed by atoms with Gasteiger partial charge in [0, 0.05) is 18.8 Å². The Morgan fingerprint density at radius 3 is 2.75 bits per heavy atom. The molecule has 0 atom stereocenters. The number of aromatic nitrogens is 1. The van der Waals surface area contributed by atoms with Gasteiger partial charge in [-0.15, -0.1) is 0 Å². The minimum Gasteiger partial charge on any atom is -0.505 e. The topological polar surface area (TPSA) is 73.7 Å². The Hall–Kier alpha value is -1.62. The van der Waals surface area contributed by atoms with Gasteiger partial charge >= 0.3 is 0 Å². The maximum atomic E-state index is 12.0. The molecule has 0 aliphatic carbocycles. The van der Waals surface area contributed by atoms with Crippen LogP contribution < -0.4 is 0 Å². The van der Waals surface area contributed by atoms with E-state index in [1.54, 1.807) is 6.07 Å². The lowest BCUT2D eigenvalue weighted by Gasteiger charge is -2.25. The number of rotatable bonds is 4. The molecule has 0 saturated carbocycles. The summed E-state index contributed by atoms with van der Waals surface area (Å²) >= 11 is 0. The molecule has 16 heavy (non-hydrogen) atoms. The van der Waals surface area contributed by atoms with E-state index in [4.69, 9.17) is 5.11 Å². The quantitative estimate of drug-likeness (QED) is 0.786. The first-order chi connectivity index (χ1) is 7.57. The number of aliphatic hydroxyl groups excluding tert-OH is 1. The number of carbonyl (C=O) groups is 1. The lowest BCUT2D eigenvalue weighted by molar-refractivity contribution is 0.0656. The van der Waals surface area contributed by atoms with Crippen LogP contribution in [0.5, 0.6) is 5.75 Å². The highest BCUT2D eigenvalue weighted by atomic mass is 16.3. The highest BCUT2D eigenvalue weighted by Gasteiger charge is 2.21. The van der Waals surface area contributed by atoms with Crippen LogP contribution in [0.25, 0.3) is 0 Å². The van der Waals surface area contributed by atoms with Crippen LogP contribution in [0.1, 0.15) is 24.3 Å². The molecule has 1 aromatic heterocycles. The largest absolute Gasteiger partial charge is 0.505 e. The molecule has 1 aromatic rings. The Labute approximate surface area is 94.4 Å². The first-order valence-electron chi connectivity index (χ1n) is 5.13. The monoisotopic (exact) mass is 224 g/mol. The summed E-state index contributed by atoms with van der Waals surface area (Å²) < 4.78 is 0. The lowest BCUT2D eigenvalue weighted by Crippen LogP contribution is -2.39. The van der Waals surface area contributed by atoms with E-state index in [1.165, 1.54) is 17.2 Å². The van der Waals surface area contributed by atoms with Crippen LogP contribution in [0.15, 0.2) is 18.3 Å². The molecule has 0 fully saturated rings. The van der Waals surface area contributed by atoms with Crippen molar-refractivity contribution >= 4 is 5.91 Å². The summed E-state index contributed by atoms with van der Waals surface area (Å²) in [5, 5.41) is 18.4. The third-order valence-electron chi connectivity index (χ3n) is 2.21. The van der Waals surface area contributed by atoms with Crippen molar-refractivity contribution in [1.82, 2.24) is 9.88 Å². The summed E-state index contributed by atoms with van der Waals surface area (Å²) in [6.45, 7) is 3.80. The molecule has 5 heteroatoms. The number of amides is 1. The van der Waals surface area contributed by atoms with E-state index in [0.29, 0.717) is 0 Å². The van der Waals surface area contributed by atoms with Gasteiger partial charge in [0.25, 0.3) is 5.91 Å². The van der Waals surface area contributed by atoms with Crippen LogP contribution in [-0.2, 0) is 0 Å². The number of aromatic hydroxyl groups is 1. The van der Waals surface area contributed by atoms with Crippen molar-refractivity contribution in [3.05, 3.63) is 24.0 Å². The fourth-order valence-electron chi connectivity index (χ4n) is 1.40. The number of aliphatic hydroxyl groups is 1. The van der Waals surface area contributed by atoms with Gasteiger partial charge in [-0.05, 0) is 26.0 Å². The Morgan fingerprint density at radius 1 is 1.56 bits per heavy atom. The molecule has 0 unspecified atom stereocenters. The molecule has 0 aliphatic heterocycles. The highest BCUT2D eigenvalue weighted by molar-refractivity contribution is 5.94. The van der Waals surface area contributed by atoms with Crippen molar-refractivity contribution in [2.75, 3.05) is 13.2 Å². The highest BCUT2D eigenvalue weighted by Crippen LogP contribution is 2.16. The predicted octanol–water partition coefficient (Wildman–Crippen LogP) is 0.630. The summed E-state index contributed by atoms with van der Waals surface area (Å²) in [5.41, 5.74) is 0.0182. The van der Waals surface area contributed by atoms with Gasteiger partial charge in [0.1, 0.15) is 5.75 Å². The summed E-state index contributed by atoms with van der Waals surface area (Å²) in [4.78, 5) is 17.3. The van der Waals surface area contributed by atoms with E-state index in [1.807, 2.05) is 13.8 Å². The fraction of sp³-hybridized carbons (Fsp3) is 0.455. The van der Waals surface area contributed by atoms with Crippen LogP contribution >= 0.6 is 0 Å². The first-order valence-corrected chi connectivity index (χ1v) is 5.13. The number of carbonyl (C=O) groups excluding carboxylic acids is 1. The molecule has 88 valence electrons. The number of nitrogens with zero attached hydrogens (tertiary/aromatic N) is 2. The van der Waals surface area contributed by atoms with E-state index < -0.39 is 0 Å². The molecule has 0 radical (unpaired) electrons. The molecule has 5 nitrogen and oxygen atoms in total. The molecule has 1 heterocycles. The lowest BCUT2D eigenvalue weighted by atomic mass is 10.2. The molecule has 0 bridgehead atoms. The average Bonchev–Trinajstić information content (AvgIpc) is 2.25. The summed E-state index contributed by atoms with van der Waals surface area (Å²) in [5.74, 6) is -0.516. The average molecular weight is 224 g/mol. The zero-order valence-corrected chi connectivity index (χ0v) is 9.42. The van der Waals surface area contributed by atoms with Crippen molar-refractivity contribution in [3.63, 3.8) is 0 Å². The SMILES string of the molecule is CC(C)N(CCO)C(=O)c1ncccc1O. The zero-order chi connectivity index (χ0) is 12.1. The molecular weight excluding hydrogens is 208 g/mol. The molecule has 2 N–H and O–H groups in total. The van der Waals surface area contributed by atoms with Gasteiger partial charge in [-0.1, -0.05) is 0 Å². The van der Waals surface area contributed by atoms with Crippen molar-refractivity contribution in [3.8, 4) is 5.75 Å². The Kier molecular flexibility index (Phi) is 4.25. The van der Waals surface area contributed by atoms with Crippen molar-refractivity contribution in [2.24, 2.45) is 0 Å². The third-order valence-corrected chi connectivity index (χ3v) is 2.21. The van der Waals surface area contributed by atoms with Crippen LogP contribution in [0.4, 0.5) is 0 Å². The number of hydrogen-bond acceptors (Lipinski definition) is 4. The van der Waals surface area contributed by atoms with Crippen molar-refractivity contribution in [2.45, 2.75) is 19.9 Å². The van der Waals surface area contributed by atoms with Gasteiger partial charge in [0.2, 0.25) is 0 Å². The second-order valence-electron chi connectivity index (χ2n) is 3.69. The van der Waals surface area contributed by atoms with Gasteiger partial charge < -0.3 is 15.1 Å². The van der Waals surface area contributed by atoms with Crippen molar-refractivity contribution < 1.29 is 15.0 Å². The normalized spacial score (nSPS) is 10.5. The van der Waals surface area contributed by atoms with E-state index in [2.05, 4.69) is 4.98 Å². The molecule has 0 aromatic carbocycles. The van der Waals surface area contributed by atoms with E-state index in [-0.39, 0.29) is 36.5 Å². The summed E-state index contributed by atoms with van der Waals surface area (Å²) in [6.07, 6.45) is 1.45. The first kappa shape index (κ1) is 12.4. The standard InChI is InChI=1S/C11H16N2O3/c1-8(2)13(6-7-14)11(16)10-9(15)4-3-5-12-10/h3-5,8,14-15H,6-7H2,1-2H3. The van der Waals surface area contributed by atoms with Gasteiger partial charge in [-0.25, -0.2) is 4.98 Å². The fourth-order valence-corrected chi connectivity index (χ4v) is 1.40. The Bertz CT molecular complexity index is 366. The Morgan fingerprint density at radius 2 is 2.25 bits per heavy atom. The molecule has 0 spiro atoms. The van der Waals surface area contributed by atoms with Gasteiger partial charge in [-0.3, -0.25) is 4.79 Å². The second-order valence-corrected chi connectivity index (χ2v) is 3.69. The van der Waals surface area contributed by atoms with E-state index in [9.17, 15) is 9.90 Å².